The van der Waals surface area contributed by atoms with Crippen LogP contribution in [0.3, 0.4) is 0 Å². The molecule has 1 fully saturated rings. The van der Waals surface area contributed by atoms with Gasteiger partial charge in [-0.1, -0.05) is 12.5 Å². The number of carboxylic acids is 1. The lowest BCUT2D eigenvalue weighted by molar-refractivity contribution is -0.142. The monoisotopic (exact) mass is 298 g/mol. The minimum Gasteiger partial charge on any atom is -0.481 e. The van der Waals surface area contributed by atoms with E-state index in [1.54, 1.807) is 12.1 Å². The number of anilines is 1. The maximum atomic E-state index is 11.3. The molecule has 0 bridgehead atoms. The summed E-state index contributed by atoms with van der Waals surface area (Å²) in [6.45, 7) is 0. The Bertz CT molecular complexity index is 600. The molecule has 0 aromatic heterocycles. The van der Waals surface area contributed by atoms with Gasteiger partial charge in [0.15, 0.2) is 0 Å². The van der Waals surface area contributed by atoms with E-state index in [9.17, 15) is 13.2 Å². The highest BCUT2D eigenvalue weighted by Gasteiger charge is 2.26. The maximum Gasteiger partial charge on any atom is 0.306 e. The normalized spacial score (nSPS) is 23.2. The topological polar surface area (TPSA) is 109 Å². The second-order valence-corrected chi connectivity index (χ2v) is 6.68. The molecule has 4 N–H and O–H groups in total. The molecule has 0 radical (unpaired) electrons. The number of carboxylic acid groups (broad SMARTS) is 1. The van der Waals surface area contributed by atoms with Crippen LogP contribution in [0.25, 0.3) is 0 Å². The molecule has 0 aliphatic heterocycles. The number of aliphatic carboxylic acids is 1. The first-order valence-corrected chi connectivity index (χ1v) is 8.03. The van der Waals surface area contributed by atoms with Crippen molar-refractivity contribution in [2.45, 2.75) is 36.6 Å². The number of carbonyl (C=O) groups is 1. The lowest BCUT2D eigenvalue weighted by Gasteiger charge is -2.28. The first-order valence-electron chi connectivity index (χ1n) is 6.48. The van der Waals surface area contributed by atoms with Crippen LogP contribution in [-0.2, 0) is 14.8 Å². The quantitative estimate of drug-likeness (QED) is 0.778. The standard InChI is InChI=1S/C13H18N2O4S/c14-20(18,19)12-6-2-5-11(8-12)15-10-4-1-3-9(7-10)13(16)17/h2,5-6,8-10,15H,1,3-4,7H2,(H,16,17)(H2,14,18,19). The first kappa shape index (κ1) is 14.8. The maximum absolute atomic E-state index is 11.3. The van der Waals surface area contributed by atoms with E-state index in [1.807, 2.05) is 0 Å². The molecular weight excluding hydrogens is 280 g/mol. The second kappa shape index (κ2) is 5.80. The van der Waals surface area contributed by atoms with E-state index in [2.05, 4.69) is 5.32 Å². The molecule has 0 amide bonds. The molecule has 1 aromatic carbocycles. The number of sulfonamides is 1. The summed E-state index contributed by atoms with van der Waals surface area (Å²) in [5.74, 6) is -1.10. The van der Waals surface area contributed by atoms with E-state index < -0.39 is 16.0 Å². The molecule has 0 spiro atoms. The van der Waals surface area contributed by atoms with E-state index in [-0.39, 0.29) is 16.9 Å². The molecule has 110 valence electrons. The zero-order chi connectivity index (χ0) is 14.8. The van der Waals surface area contributed by atoms with Crippen molar-refractivity contribution in [3.05, 3.63) is 24.3 Å². The molecule has 2 unspecified atom stereocenters. The predicted octanol–water partition coefficient (Wildman–Crippen LogP) is 1.39. The van der Waals surface area contributed by atoms with E-state index in [4.69, 9.17) is 10.2 Å². The van der Waals surface area contributed by atoms with E-state index in [0.717, 1.165) is 12.8 Å². The fourth-order valence-electron chi connectivity index (χ4n) is 2.54. The molecule has 6 nitrogen and oxygen atoms in total. The highest BCUT2D eigenvalue weighted by molar-refractivity contribution is 7.89. The number of rotatable bonds is 4. The molecule has 1 aliphatic rings. The number of nitrogens with one attached hydrogen (secondary N) is 1. The molecule has 1 saturated carbocycles. The van der Waals surface area contributed by atoms with Gasteiger partial charge in [-0.2, -0.15) is 0 Å². The van der Waals surface area contributed by atoms with Crippen LogP contribution >= 0.6 is 0 Å². The van der Waals surface area contributed by atoms with Crippen LogP contribution in [0.2, 0.25) is 0 Å². The zero-order valence-electron chi connectivity index (χ0n) is 11.0. The van der Waals surface area contributed by atoms with Gasteiger partial charge >= 0.3 is 5.97 Å². The number of hydrogen-bond donors (Lipinski definition) is 3. The zero-order valence-corrected chi connectivity index (χ0v) is 11.8. The van der Waals surface area contributed by atoms with E-state index in [0.29, 0.717) is 18.5 Å². The van der Waals surface area contributed by atoms with Crippen LogP contribution in [0.5, 0.6) is 0 Å². The van der Waals surface area contributed by atoms with Gasteiger partial charge in [-0.15, -0.1) is 0 Å². The summed E-state index contributed by atoms with van der Waals surface area (Å²) < 4.78 is 22.6. The SMILES string of the molecule is NS(=O)(=O)c1cccc(NC2CCCC(C(=O)O)C2)c1. The summed E-state index contributed by atoms with van der Waals surface area (Å²) in [7, 11) is -3.72. The Labute approximate surface area is 118 Å². The number of primary sulfonamides is 1. The molecule has 20 heavy (non-hydrogen) atoms. The smallest absolute Gasteiger partial charge is 0.306 e. The number of nitrogens with two attached hydrogens (primary N) is 1. The fourth-order valence-corrected chi connectivity index (χ4v) is 3.10. The summed E-state index contributed by atoms with van der Waals surface area (Å²) in [5, 5.41) is 17.3. The van der Waals surface area contributed by atoms with Gasteiger partial charge in [0.1, 0.15) is 0 Å². The Balaban J connectivity index is 2.08. The Morgan fingerprint density at radius 2 is 2.10 bits per heavy atom. The van der Waals surface area contributed by atoms with Gasteiger partial charge in [-0.3, -0.25) is 4.79 Å². The summed E-state index contributed by atoms with van der Waals surface area (Å²) >= 11 is 0. The molecular formula is C13H18N2O4S. The van der Waals surface area contributed by atoms with E-state index >= 15 is 0 Å². The minimum atomic E-state index is -3.72. The van der Waals surface area contributed by atoms with Crippen LogP contribution in [0.1, 0.15) is 25.7 Å². The predicted molar refractivity (Wildman–Crippen MR) is 74.8 cm³/mol. The summed E-state index contributed by atoms with van der Waals surface area (Å²) in [6.07, 6.45) is 2.98. The third kappa shape index (κ3) is 3.71. The van der Waals surface area contributed by atoms with Crippen molar-refractivity contribution >= 4 is 21.7 Å². The Kier molecular flexibility index (Phi) is 4.29. The number of benzene rings is 1. The fraction of sp³-hybridized carbons (Fsp3) is 0.462. The first-order chi connectivity index (χ1) is 9.36. The van der Waals surface area contributed by atoms with Crippen molar-refractivity contribution in [2.24, 2.45) is 11.1 Å². The van der Waals surface area contributed by atoms with Gasteiger partial charge in [0, 0.05) is 11.7 Å². The average molecular weight is 298 g/mol. The molecule has 2 rings (SSSR count). The van der Waals surface area contributed by atoms with E-state index in [1.165, 1.54) is 12.1 Å². The van der Waals surface area contributed by atoms with Gasteiger partial charge in [0.05, 0.1) is 10.8 Å². The van der Waals surface area contributed by atoms with Crippen molar-refractivity contribution in [1.82, 2.24) is 0 Å². The Morgan fingerprint density at radius 1 is 1.35 bits per heavy atom. The molecule has 1 aliphatic carbocycles. The van der Waals surface area contributed by atoms with Crippen molar-refractivity contribution in [3.8, 4) is 0 Å². The van der Waals surface area contributed by atoms with Crippen molar-refractivity contribution < 1.29 is 18.3 Å². The van der Waals surface area contributed by atoms with Crippen molar-refractivity contribution in [3.63, 3.8) is 0 Å². The third-order valence-corrected chi connectivity index (χ3v) is 4.47. The minimum absolute atomic E-state index is 0.0422. The summed E-state index contributed by atoms with van der Waals surface area (Å²) in [5.41, 5.74) is 0.646. The summed E-state index contributed by atoms with van der Waals surface area (Å²) in [6, 6.07) is 6.31. The Hall–Kier alpha value is -1.60. The highest BCUT2D eigenvalue weighted by Crippen LogP contribution is 2.27. The molecule has 7 heteroatoms. The van der Waals surface area contributed by atoms with Crippen molar-refractivity contribution in [1.29, 1.82) is 0 Å². The lowest BCUT2D eigenvalue weighted by Crippen LogP contribution is -2.31. The van der Waals surface area contributed by atoms with Gasteiger partial charge in [0.25, 0.3) is 0 Å². The van der Waals surface area contributed by atoms with Crippen LogP contribution < -0.4 is 10.5 Å². The second-order valence-electron chi connectivity index (χ2n) is 5.12. The Morgan fingerprint density at radius 3 is 2.75 bits per heavy atom. The third-order valence-electron chi connectivity index (χ3n) is 3.56. The lowest BCUT2D eigenvalue weighted by atomic mass is 9.85. The van der Waals surface area contributed by atoms with Crippen LogP contribution in [-0.4, -0.2) is 25.5 Å². The average Bonchev–Trinajstić information content (AvgIpc) is 2.38. The van der Waals surface area contributed by atoms with Crippen LogP contribution in [0, 0.1) is 5.92 Å². The van der Waals surface area contributed by atoms with Gasteiger partial charge in [-0.05, 0) is 37.5 Å². The van der Waals surface area contributed by atoms with Crippen molar-refractivity contribution in [2.75, 3.05) is 5.32 Å². The molecule has 0 saturated heterocycles. The van der Waals surface area contributed by atoms with Gasteiger partial charge < -0.3 is 10.4 Å². The van der Waals surface area contributed by atoms with Gasteiger partial charge in [-0.25, -0.2) is 13.6 Å². The molecule has 0 heterocycles. The number of hydrogen-bond acceptors (Lipinski definition) is 4. The highest BCUT2D eigenvalue weighted by atomic mass is 32.2. The molecule has 2 atom stereocenters. The van der Waals surface area contributed by atoms with Crippen LogP contribution in [0.15, 0.2) is 29.2 Å². The largest absolute Gasteiger partial charge is 0.481 e. The molecule has 1 aromatic rings. The summed E-state index contributed by atoms with van der Waals surface area (Å²) in [4.78, 5) is 11.1. The van der Waals surface area contributed by atoms with Gasteiger partial charge in [0.2, 0.25) is 10.0 Å². The van der Waals surface area contributed by atoms with Crippen LogP contribution in [0.4, 0.5) is 5.69 Å².